The molecule has 1 atom stereocenters. The molecule has 2 heterocycles. The maximum Gasteiger partial charge on any atom is 0.112 e. The van der Waals surface area contributed by atoms with Crippen LogP contribution in [0.25, 0.3) is 11.0 Å². The molecular formula is C15H17N3OS. The van der Waals surface area contributed by atoms with Gasteiger partial charge in [0.2, 0.25) is 0 Å². The number of thiazole rings is 1. The molecule has 0 aliphatic carbocycles. The van der Waals surface area contributed by atoms with Gasteiger partial charge in [-0.25, -0.2) is 9.97 Å². The Bertz CT molecular complexity index is 732. The van der Waals surface area contributed by atoms with Gasteiger partial charge in [0.15, 0.2) is 0 Å². The smallest absolute Gasteiger partial charge is 0.112 e. The summed E-state index contributed by atoms with van der Waals surface area (Å²) in [4.78, 5) is 8.97. The van der Waals surface area contributed by atoms with Crippen molar-refractivity contribution in [2.75, 3.05) is 0 Å². The average molecular weight is 287 g/mol. The lowest BCUT2D eigenvalue weighted by Crippen LogP contribution is -2.16. The molecule has 20 heavy (non-hydrogen) atoms. The van der Waals surface area contributed by atoms with Gasteiger partial charge in [0.1, 0.15) is 5.82 Å². The predicted molar refractivity (Wildman–Crippen MR) is 81.0 cm³/mol. The van der Waals surface area contributed by atoms with E-state index in [1.165, 1.54) is 0 Å². The Morgan fingerprint density at radius 3 is 2.75 bits per heavy atom. The van der Waals surface area contributed by atoms with Crippen molar-refractivity contribution in [1.82, 2.24) is 14.5 Å². The average Bonchev–Trinajstić information content (AvgIpc) is 2.95. The fourth-order valence-corrected chi connectivity index (χ4v) is 3.20. The summed E-state index contributed by atoms with van der Waals surface area (Å²) in [6, 6.07) is 8.02. The number of benzene rings is 1. The zero-order valence-corrected chi connectivity index (χ0v) is 12.4. The molecule has 0 radical (unpaired) electrons. The molecule has 0 aliphatic heterocycles. The van der Waals surface area contributed by atoms with E-state index in [1.807, 2.05) is 48.2 Å². The first-order valence-corrected chi connectivity index (χ1v) is 7.51. The number of hydrogen-bond donors (Lipinski definition) is 1. The maximum absolute atomic E-state index is 10.2. The number of hydrogen-bond acceptors (Lipinski definition) is 4. The van der Waals surface area contributed by atoms with E-state index < -0.39 is 6.10 Å². The van der Waals surface area contributed by atoms with E-state index in [0.29, 0.717) is 12.8 Å². The third kappa shape index (κ3) is 2.59. The third-order valence-corrected chi connectivity index (χ3v) is 4.36. The van der Waals surface area contributed by atoms with Gasteiger partial charge in [0.05, 0.1) is 22.1 Å². The van der Waals surface area contributed by atoms with Crippen molar-refractivity contribution in [1.29, 1.82) is 0 Å². The van der Waals surface area contributed by atoms with Crippen LogP contribution >= 0.6 is 11.3 Å². The summed E-state index contributed by atoms with van der Waals surface area (Å²) in [5.41, 5.74) is 3.09. The van der Waals surface area contributed by atoms with E-state index in [0.717, 1.165) is 27.6 Å². The van der Waals surface area contributed by atoms with Gasteiger partial charge in [0.25, 0.3) is 0 Å². The summed E-state index contributed by atoms with van der Waals surface area (Å²) in [5.74, 6) is 0.909. The second-order valence-electron chi connectivity index (χ2n) is 5.02. The number of imidazole rings is 1. The molecule has 2 aromatic heterocycles. The Balaban J connectivity index is 1.77. The van der Waals surface area contributed by atoms with Crippen LogP contribution in [-0.2, 0) is 19.9 Å². The maximum atomic E-state index is 10.2. The highest BCUT2D eigenvalue weighted by atomic mass is 32.1. The van der Waals surface area contributed by atoms with Crippen molar-refractivity contribution >= 4 is 22.4 Å². The fourth-order valence-electron chi connectivity index (χ4n) is 2.36. The van der Waals surface area contributed by atoms with Crippen LogP contribution in [0.5, 0.6) is 0 Å². The Kier molecular flexibility index (Phi) is 3.54. The molecule has 0 saturated heterocycles. The lowest BCUT2D eigenvalue weighted by molar-refractivity contribution is 0.172. The summed E-state index contributed by atoms with van der Waals surface area (Å²) in [5, 5.41) is 13.2. The van der Waals surface area contributed by atoms with Gasteiger partial charge in [-0.05, 0) is 19.1 Å². The van der Waals surface area contributed by atoms with Crippen LogP contribution < -0.4 is 0 Å². The molecule has 3 aromatic rings. The minimum atomic E-state index is -0.448. The second-order valence-corrected chi connectivity index (χ2v) is 5.96. The van der Waals surface area contributed by atoms with Crippen LogP contribution in [0.1, 0.15) is 16.5 Å². The van der Waals surface area contributed by atoms with Crippen molar-refractivity contribution in [2.24, 2.45) is 7.05 Å². The molecule has 5 heteroatoms. The first-order chi connectivity index (χ1) is 9.63. The summed E-state index contributed by atoms with van der Waals surface area (Å²) in [7, 11) is 1.99. The van der Waals surface area contributed by atoms with Crippen LogP contribution in [-0.4, -0.2) is 25.7 Å². The van der Waals surface area contributed by atoms with E-state index >= 15 is 0 Å². The molecular weight excluding hydrogens is 270 g/mol. The quantitative estimate of drug-likeness (QED) is 0.802. The van der Waals surface area contributed by atoms with Gasteiger partial charge < -0.3 is 9.67 Å². The SMILES string of the molecule is Cc1csc(CC(O)Cc2nc3ccccc3n2C)n1. The number of aryl methyl sites for hydroxylation is 2. The number of para-hydroxylation sites is 2. The molecule has 0 bridgehead atoms. The first kappa shape index (κ1) is 13.3. The molecule has 1 N–H and O–H groups in total. The van der Waals surface area contributed by atoms with Gasteiger partial charge in [-0.2, -0.15) is 0 Å². The van der Waals surface area contributed by atoms with E-state index in [2.05, 4.69) is 9.97 Å². The first-order valence-electron chi connectivity index (χ1n) is 6.63. The molecule has 0 amide bonds. The highest BCUT2D eigenvalue weighted by molar-refractivity contribution is 7.09. The highest BCUT2D eigenvalue weighted by Gasteiger charge is 2.14. The van der Waals surface area contributed by atoms with Crippen molar-refractivity contribution in [3.8, 4) is 0 Å². The summed E-state index contributed by atoms with van der Waals surface area (Å²) >= 11 is 1.60. The minimum absolute atomic E-state index is 0.448. The Hall–Kier alpha value is -1.72. The normalized spacial score (nSPS) is 12.9. The number of rotatable bonds is 4. The van der Waals surface area contributed by atoms with Gasteiger partial charge in [0, 0.05) is 31.0 Å². The Morgan fingerprint density at radius 2 is 2.05 bits per heavy atom. The molecule has 0 saturated carbocycles. The van der Waals surface area contributed by atoms with Crippen LogP contribution in [0.4, 0.5) is 0 Å². The molecule has 3 rings (SSSR count). The topological polar surface area (TPSA) is 50.9 Å². The zero-order valence-electron chi connectivity index (χ0n) is 11.6. The summed E-state index contributed by atoms with van der Waals surface area (Å²) in [6.07, 6.45) is 0.682. The Labute approximate surface area is 121 Å². The molecule has 1 aromatic carbocycles. The van der Waals surface area contributed by atoms with Crippen molar-refractivity contribution in [3.63, 3.8) is 0 Å². The minimum Gasteiger partial charge on any atom is -0.392 e. The van der Waals surface area contributed by atoms with Gasteiger partial charge >= 0.3 is 0 Å². The Morgan fingerprint density at radius 1 is 1.25 bits per heavy atom. The summed E-state index contributed by atoms with van der Waals surface area (Å²) < 4.78 is 2.05. The molecule has 0 fully saturated rings. The number of aliphatic hydroxyl groups excluding tert-OH is 1. The fraction of sp³-hybridized carbons (Fsp3) is 0.333. The second kappa shape index (κ2) is 5.34. The molecule has 0 spiro atoms. The van der Waals surface area contributed by atoms with Crippen LogP contribution in [0.3, 0.4) is 0 Å². The van der Waals surface area contributed by atoms with Gasteiger partial charge in [-0.15, -0.1) is 11.3 Å². The largest absolute Gasteiger partial charge is 0.392 e. The van der Waals surface area contributed by atoms with E-state index in [4.69, 9.17) is 0 Å². The lowest BCUT2D eigenvalue weighted by atomic mass is 10.2. The molecule has 0 aliphatic rings. The van der Waals surface area contributed by atoms with E-state index in [9.17, 15) is 5.11 Å². The highest BCUT2D eigenvalue weighted by Crippen LogP contribution is 2.17. The van der Waals surface area contributed by atoms with Crippen LogP contribution in [0.15, 0.2) is 29.6 Å². The summed E-state index contributed by atoms with van der Waals surface area (Å²) in [6.45, 7) is 1.97. The van der Waals surface area contributed by atoms with Crippen LogP contribution in [0.2, 0.25) is 0 Å². The van der Waals surface area contributed by atoms with Crippen molar-refractivity contribution < 1.29 is 5.11 Å². The van der Waals surface area contributed by atoms with E-state index in [-0.39, 0.29) is 0 Å². The van der Waals surface area contributed by atoms with Crippen LogP contribution in [0, 0.1) is 6.92 Å². The zero-order chi connectivity index (χ0) is 14.1. The van der Waals surface area contributed by atoms with Gasteiger partial charge in [-0.1, -0.05) is 12.1 Å². The standard InChI is InChI=1S/C15H17N3OS/c1-10-9-20-15(16-10)8-11(19)7-14-17-12-5-3-4-6-13(12)18(14)2/h3-6,9,11,19H,7-8H2,1-2H3. The number of aromatic nitrogens is 3. The van der Waals surface area contributed by atoms with Crippen molar-refractivity contribution in [3.05, 3.63) is 46.2 Å². The monoisotopic (exact) mass is 287 g/mol. The lowest BCUT2D eigenvalue weighted by Gasteiger charge is -2.08. The predicted octanol–water partition coefficient (Wildman–Crippen LogP) is 2.48. The number of fused-ring (bicyclic) bond motifs is 1. The van der Waals surface area contributed by atoms with Crippen molar-refractivity contribution in [2.45, 2.75) is 25.9 Å². The van der Waals surface area contributed by atoms with E-state index in [1.54, 1.807) is 11.3 Å². The molecule has 1 unspecified atom stereocenters. The number of nitrogens with zero attached hydrogens (tertiary/aromatic N) is 3. The molecule has 4 nitrogen and oxygen atoms in total. The number of aliphatic hydroxyl groups is 1. The van der Waals surface area contributed by atoms with Gasteiger partial charge in [-0.3, -0.25) is 0 Å². The molecule has 104 valence electrons. The third-order valence-electron chi connectivity index (χ3n) is 3.37.